The highest BCUT2D eigenvalue weighted by Crippen LogP contribution is 2.17. The van der Waals surface area contributed by atoms with Gasteiger partial charge in [0.15, 0.2) is 0 Å². The number of thiophene rings is 1. The Morgan fingerprint density at radius 1 is 1.19 bits per heavy atom. The van der Waals surface area contributed by atoms with Crippen molar-refractivity contribution in [3.8, 4) is 5.75 Å². The lowest BCUT2D eigenvalue weighted by Crippen LogP contribution is -2.02. The topological polar surface area (TPSA) is 35.2 Å². The maximum Gasteiger partial charge on any atom is 0.122 e. The molecule has 16 heavy (non-hydrogen) atoms. The second-order valence-corrected chi connectivity index (χ2v) is 4.59. The zero-order chi connectivity index (χ0) is 11.2. The predicted octanol–water partition coefficient (Wildman–Crippen LogP) is 2.83. The van der Waals surface area contributed by atoms with Gasteiger partial charge >= 0.3 is 0 Å². The van der Waals surface area contributed by atoms with Crippen LogP contribution in [0.15, 0.2) is 41.8 Å². The average Bonchev–Trinajstić information content (AvgIpc) is 2.80. The SMILES string of the molecule is NCCc1cccc(OCc2cccs2)c1. The Balaban J connectivity index is 1.96. The molecule has 2 N–H and O–H groups in total. The van der Waals surface area contributed by atoms with Crippen molar-refractivity contribution in [2.45, 2.75) is 13.0 Å². The van der Waals surface area contributed by atoms with Crippen molar-refractivity contribution >= 4 is 11.3 Å². The summed E-state index contributed by atoms with van der Waals surface area (Å²) in [4.78, 5) is 1.24. The molecule has 0 fully saturated rings. The van der Waals surface area contributed by atoms with Gasteiger partial charge in [0.05, 0.1) is 0 Å². The van der Waals surface area contributed by atoms with E-state index in [0.29, 0.717) is 13.2 Å². The molecule has 0 saturated carbocycles. The highest BCUT2D eigenvalue weighted by Gasteiger charge is 1.98. The number of rotatable bonds is 5. The molecule has 0 aliphatic carbocycles. The van der Waals surface area contributed by atoms with E-state index in [4.69, 9.17) is 10.5 Å². The van der Waals surface area contributed by atoms with Crippen LogP contribution in [0.2, 0.25) is 0 Å². The third-order valence-corrected chi connectivity index (χ3v) is 3.14. The second kappa shape index (κ2) is 5.68. The lowest BCUT2D eigenvalue weighted by Gasteiger charge is -2.06. The summed E-state index contributed by atoms with van der Waals surface area (Å²) in [5.41, 5.74) is 6.75. The van der Waals surface area contributed by atoms with Crippen molar-refractivity contribution in [2.75, 3.05) is 6.54 Å². The first-order valence-electron chi connectivity index (χ1n) is 5.32. The van der Waals surface area contributed by atoms with E-state index in [-0.39, 0.29) is 0 Å². The van der Waals surface area contributed by atoms with Crippen LogP contribution in [0.1, 0.15) is 10.4 Å². The number of nitrogens with two attached hydrogens (primary N) is 1. The molecule has 1 heterocycles. The van der Waals surface area contributed by atoms with E-state index in [1.54, 1.807) is 11.3 Å². The van der Waals surface area contributed by atoms with E-state index in [9.17, 15) is 0 Å². The fraction of sp³-hybridized carbons (Fsp3) is 0.231. The minimum atomic E-state index is 0.643. The molecular weight excluding hydrogens is 218 g/mol. The molecule has 0 bridgehead atoms. The van der Waals surface area contributed by atoms with Gasteiger partial charge in [0.25, 0.3) is 0 Å². The van der Waals surface area contributed by atoms with E-state index in [1.807, 2.05) is 18.2 Å². The monoisotopic (exact) mass is 233 g/mol. The summed E-state index contributed by atoms with van der Waals surface area (Å²) in [6.45, 7) is 1.32. The Morgan fingerprint density at radius 3 is 2.88 bits per heavy atom. The summed E-state index contributed by atoms with van der Waals surface area (Å²) in [7, 11) is 0. The van der Waals surface area contributed by atoms with Crippen LogP contribution in [0, 0.1) is 0 Å². The Hall–Kier alpha value is -1.32. The molecule has 0 aliphatic heterocycles. The predicted molar refractivity (Wildman–Crippen MR) is 67.9 cm³/mol. The second-order valence-electron chi connectivity index (χ2n) is 3.55. The lowest BCUT2D eigenvalue weighted by atomic mass is 10.1. The van der Waals surface area contributed by atoms with Gasteiger partial charge in [-0.25, -0.2) is 0 Å². The summed E-state index contributed by atoms with van der Waals surface area (Å²) in [5.74, 6) is 0.916. The average molecular weight is 233 g/mol. The molecule has 0 spiro atoms. The summed E-state index contributed by atoms with van der Waals surface area (Å²) >= 11 is 1.71. The zero-order valence-corrected chi connectivity index (χ0v) is 9.87. The highest BCUT2D eigenvalue weighted by atomic mass is 32.1. The van der Waals surface area contributed by atoms with E-state index >= 15 is 0 Å². The molecule has 3 heteroatoms. The Kier molecular flexibility index (Phi) is 3.97. The van der Waals surface area contributed by atoms with Gasteiger partial charge < -0.3 is 10.5 Å². The molecule has 1 aromatic carbocycles. The number of hydrogen-bond donors (Lipinski definition) is 1. The quantitative estimate of drug-likeness (QED) is 0.862. The van der Waals surface area contributed by atoms with Crippen LogP contribution >= 0.6 is 11.3 Å². The standard InChI is InChI=1S/C13H15NOS/c14-7-6-11-3-1-4-12(9-11)15-10-13-5-2-8-16-13/h1-5,8-9H,6-7,10,14H2. The van der Waals surface area contributed by atoms with Crippen molar-refractivity contribution in [1.82, 2.24) is 0 Å². The number of ether oxygens (including phenoxy) is 1. The molecule has 0 radical (unpaired) electrons. The smallest absolute Gasteiger partial charge is 0.122 e. The molecule has 0 unspecified atom stereocenters. The molecule has 2 aromatic rings. The van der Waals surface area contributed by atoms with Crippen molar-refractivity contribution < 1.29 is 4.74 Å². The maximum absolute atomic E-state index is 5.71. The first-order chi connectivity index (χ1) is 7.88. The molecule has 84 valence electrons. The van der Waals surface area contributed by atoms with Gasteiger partial charge in [-0.2, -0.15) is 0 Å². The summed E-state index contributed by atoms with van der Waals surface area (Å²) in [5, 5.41) is 2.06. The highest BCUT2D eigenvalue weighted by molar-refractivity contribution is 7.09. The van der Waals surface area contributed by atoms with Crippen molar-refractivity contribution in [2.24, 2.45) is 5.73 Å². The van der Waals surface area contributed by atoms with Crippen molar-refractivity contribution in [3.05, 3.63) is 52.2 Å². The molecular formula is C13H15NOS. The van der Waals surface area contributed by atoms with Crippen LogP contribution in [0.4, 0.5) is 0 Å². The molecule has 0 aliphatic rings. The number of hydrogen-bond acceptors (Lipinski definition) is 3. The van der Waals surface area contributed by atoms with Gasteiger partial charge in [0.1, 0.15) is 12.4 Å². The lowest BCUT2D eigenvalue weighted by molar-refractivity contribution is 0.309. The largest absolute Gasteiger partial charge is 0.488 e. The fourth-order valence-corrected chi connectivity index (χ4v) is 2.12. The minimum Gasteiger partial charge on any atom is -0.488 e. The third-order valence-electron chi connectivity index (χ3n) is 2.29. The van der Waals surface area contributed by atoms with Crippen LogP contribution in [0.3, 0.4) is 0 Å². The van der Waals surface area contributed by atoms with E-state index in [0.717, 1.165) is 12.2 Å². The van der Waals surface area contributed by atoms with Gasteiger partial charge in [-0.3, -0.25) is 0 Å². The Labute approximate surface area is 99.7 Å². The normalized spacial score (nSPS) is 10.3. The third kappa shape index (κ3) is 3.08. The molecule has 0 atom stereocenters. The Morgan fingerprint density at radius 2 is 2.12 bits per heavy atom. The van der Waals surface area contributed by atoms with Gasteiger partial charge in [0.2, 0.25) is 0 Å². The minimum absolute atomic E-state index is 0.643. The molecule has 2 rings (SSSR count). The summed E-state index contributed by atoms with van der Waals surface area (Å²) in [6.07, 6.45) is 0.899. The molecule has 0 saturated heterocycles. The summed E-state index contributed by atoms with van der Waals surface area (Å²) < 4.78 is 5.71. The molecule has 1 aromatic heterocycles. The first kappa shape index (κ1) is 11.2. The van der Waals surface area contributed by atoms with Crippen LogP contribution in [0.5, 0.6) is 5.75 Å². The van der Waals surface area contributed by atoms with Gasteiger partial charge in [-0.15, -0.1) is 11.3 Å². The van der Waals surface area contributed by atoms with Crippen LogP contribution < -0.4 is 10.5 Å². The Bertz CT molecular complexity index is 425. The van der Waals surface area contributed by atoms with E-state index in [1.165, 1.54) is 10.4 Å². The summed E-state index contributed by atoms with van der Waals surface area (Å²) in [6, 6.07) is 12.2. The maximum atomic E-state index is 5.71. The van der Waals surface area contributed by atoms with Crippen LogP contribution in [0.25, 0.3) is 0 Å². The van der Waals surface area contributed by atoms with Gasteiger partial charge in [0, 0.05) is 4.88 Å². The molecule has 2 nitrogen and oxygen atoms in total. The zero-order valence-electron chi connectivity index (χ0n) is 9.06. The number of benzene rings is 1. The van der Waals surface area contributed by atoms with Crippen molar-refractivity contribution in [3.63, 3.8) is 0 Å². The molecule has 0 amide bonds. The van der Waals surface area contributed by atoms with Crippen LogP contribution in [-0.2, 0) is 13.0 Å². The van der Waals surface area contributed by atoms with E-state index in [2.05, 4.69) is 23.6 Å². The fourth-order valence-electron chi connectivity index (χ4n) is 1.51. The van der Waals surface area contributed by atoms with Crippen molar-refractivity contribution in [1.29, 1.82) is 0 Å². The van der Waals surface area contributed by atoms with Crippen LogP contribution in [-0.4, -0.2) is 6.54 Å². The van der Waals surface area contributed by atoms with E-state index < -0.39 is 0 Å². The van der Waals surface area contributed by atoms with Gasteiger partial charge in [-0.1, -0.05) is 18.2 Å². The van der Waals surface area contributed by atoms with Gasteiger partial charge in [-0.05, 0) is 42.1 Å². The first-order valence-corrected chi connectivity index (χ1v) is 6.20.